The predicted molar refractivity (Wildman–Crippen MR) is 126 cm³/mol. The molecule has 3 N–H and O–H groups in total. The molecule has 1 heterocycles. The van der Waals surface area contributed by atoms with E-state index >= 15 is 0 Å². The summed E-state index contributed by atoms with van der Waals surface area (Å²) in [5, 5.41) is 31.3. The molecule has 190 valence electrons. The predicted octanol–water partition coefficient (Wildman–Crippen LogP) is 3.11. The molecule has 0 aliphatic carbocycles. The Morgan fingerprint density at radius 2 is 1.17 bits per heavy atom. The third-order valence-electron chi connectivity index (χ3n) is 6.07. The first-order chi connectivity index (χ1) is 17.1. The quantitative estimate of drug-likeness (QED) is 0.445. The van der Waals surface area contributed by atoms with Gasteiger partial charge < -0.3 is 34.3 Å². The standard InChI is InChI=1S/C24H23NO10S/c1-32-16-9-13(10-17(33-2)21(16)26)24(14-11-18(34-3)22(27)19(12-14)35-4)15-7-5-6-8-20(15)36(30,31)25(24)23(28)29/h5-12,26-27H,1-4H3,(H,28,29). The Morgan fingerprint density at radius 3 is 1.53 bits per heavy atom. The first-order valence-electron chi connectivity index (χ1n) is 10.4. The molecule has 0 saturated carbocycles. The highest BCUT2D eigenvalue weighted by molar-refractivity contribution is 7.90. The van der Waals surface area contributed by atoms with Crippen molar-refractivity contribution in [2.45, 2.75) is 10.4 Å². The number of ether oxygens (including phenoxy) is 4. The molecule has 36 heavy (non-hydrogen) atoms. The summed E-state index contributed by atoms with van der Waals surface area (Å²) in [6.07, 6.45) is -1.77. The number of aromatic hydroxyl groups is 2. The van der Waals surface area contributed by atoms with Gasteiger partial charge in [-0.15, -0.1) is 0 Å². The Hall–Kier alpha value is -4.32. The highest BCUT2D eigenvalue weighted by atomic mass is 32.2. The van der Waals surface area contributed by atoms with Crippen LogP contribution in [-0.4, -0.2) is 62.6 Å². The van der Waals surface area contributed by atoms with Gasteiger partial charge in [-0.05, 0) is 41.5 Å². The first-order valence-corrected chi connectivity index (χ1v) is 11.8. The van der Waals surface area contributed by atoms with Gasteiger partial charge in [-0.1, -0.05) is 18.2 Å². The zero-order chi connectivity index (χ0) is 26.4. The van der Waals surface area contributed by atoms with Crippen LogP contribution < -0.4 is 18.9 Å². The summed E-state index contributed by atoms with van der Waals surface area (Å²) >= 11 is 0. The lowest BCUT2D eigenvalue weighted by Gasteiger charge is -2.37. The van der Waals surface area contributed by atoms with Crippen molar-refractivity contribution in [2.75, 3.05) is 28.4 Å². The van der Waals surface area contributed by atoms with Crippen LogP contribution in [0.15, 0.2) is 53.4 Å². The zero-order valence-electron chi connectivity index (χ0n) is 19.7. The molecule has 1 amide bonds. The molecule has 3 aromatic rings. The van der Waals surface area contributed by atoms with Crippen LogP contribution in [0, 0.1) is 0 Å². The van der Waals surface area contributed by atoms with E-state index in [1.165, 1.54) is 70.9 Å². The largest absolute Gasteiger partial charge is 0.502 e. The third kappa shape index (κ3) is 3.25. The van der Waals surface area contributed by atoms with Gasteiger partial charge in [0.15, 0.2) is 23.0 Å². The van der Waals surface area contributed by atoms with E-state index in [4.69, 9.17) is 18.9 Å². The maximum absolute atomic E-state index is 13.7. The number of phenolic OH excluding ortho intramolecular Hbond substituents is 2. The number of amides is 1. The topological polar surface area (TPSA) is 152 Å². The van der Waals surface area contributed by atoms with Crippen molar-refractivity contribution in [3.63, 3.8) is 0 Å². The van der Waals surface area contributed by atoms with Crippen LogP contribution in [0.4, 0.5) is 4.79 Å². The number of carbonyl (C=O) groups is 1. The SMILES string of the molecule is COc1cc(C2(c3cc(OC)c(O)c(OC)c3)c3ccccc3S(=O)(=O)N2C(=O)O)cc(OC)c1O. The monoisotopic (exact) mass is 517 g/mol. The number of carboxylic acid groups (broad SMARTS) is 1. The van der Waals surface area contributed by atoms with Crippen molar-refractivity contribution in [3.05, 3.63) is 65.2 Å². The lowest BCUT2D eigenvalue weighted by Crippen LogP contribution is -2.48. The molecule has 0 bridgehead atoms. The number of hydrogen-bond acceptors (Lipinski definition) is 9. The van der Waals surface area contributed by atoms with Crippen LogP contribution in [-0.2, 0) is 15.6 Å². The first kappa shape index (κ1) is 24.8. The molecular formula is C24H23NO10S. The van der Waals surface area contributed by atoms with E-state index in [-0.39, 0.29) is 56.1 Å². The number of phenols is 2. The van der Waals surface area contributed by atoms with E-state index < -0.39 is 21.7 Å². The van der Waals surface area contributed by atoms with E-state index in [1.54, 1.807) is 6.07 Å². The van der Waals surface area contributed by atoms with Crippen LogP contribution in [0.5, 0.6) is 34.5 Å². The smallest absolute Gasteiger partial charge is 0.422 e. The number of nitrogens with zero attached hydrogens (tertiary/aromatic N) is 1. The minimum absolute atomic E-state index is 0.0692. The second-order valence-corrected chi connectivity index (χ2v) is 9.47. The van der Waals surface area contributed by atoms with Gasteiger partial charge in [0.05, 0.1) is 33.3 Å². The van der Waals surface area contributed by atoms with Crippen molar-refractivity contribution in [3.8, 4) is 34.5 Å². The molecule has 3 aromatic carbocycles. The van der Waals surface area contributed by atoms with Crippen LogP contribution in [0.2, 0.25) is 0 Å². The van der Waals surface area contributed by atoms with Crippen LogP contribution in [0.25, 0.3) is 0 Å². The summed E-state index contributed by atoms with van der Waals surface area (Å²) in [6.45, 7) is 0. The summed E-state index contributed by atoms with van der Waals surface area (Å²) in [6, 6.07) is 11.1. The van der Waals surface area contributed by atoms with Gasteiger partial charge in [0.1, 0.15) is 5.54 Å². The van der Waals surface area contributed by atoms with E-state index in [1.807, 2.05) is 0 Å². The lowest BCUT2D eigenvalue weighted by atomic mass is 9.76. The molecule has 11 nitrogen and oxygen atoms in total. The number of benzene rings is 3. The van der Waals surface area contributed by atoms with Crippen LogP contribution in [0.3, 0.4) is 0 Å². The molecule has 0 fully saturated rings. The number of hydrogen-bond donors (Lipinski definition) is 3. The Labute approximate surface area is 206 Å². The molecule has 0 radical (unpaired) electrons. The van der Waals surface area contributed by atoms with Crippen molar-refractivity contribution >= 4 is 16.1 Å². The summed E-state index contributed by atoms with van der Waals surface area (Å²) in [4.78, 5) is 12.5. The molecule has 0 saturated heterocycles. The molecule has 0 spiro atoms. The fraction of sp³-hybridized carbons (Fsp3) is 0.208. The van der Waals surface area contributed by atoms with Crippen LogP contribution >= 0.6 is 0 Å². The number of methoxy groups -OCH3 is 4. The number of sulfonamides is 1. The Balaban J connectivity index is 2.29. The van der Waals surface area contributed by atoms with Gasteiger partial charge in [-0.2, -0.15) is 4.31 Å². The van der Waals surface area contributed by atoms with Crippen molar-refractivity contribution in [1.29, 1.82) is 0 Å². The maximum atomic E-state index is 13.7. The van der Waals surface area contributed by atoms with Gasteiger partial charge in [-0.3, -0.25) is 0 Å². The molecule has 0 atom stereocenters. The summed E-state index contributed by atoms with van der Waals surface area (Å²) in [7, 11) is 0.532. The van der Waals surface area contributed by atoms with Gasteiger partial charge in [0.25, 0.3) is 10.0 Å². The van der Waals surface area contributed by atoms with E-state index in [9.17, 15) is 28.5 Å². The third-order valence-corrected chi connectivity index (χ3v) is 7.89. The highest BCUT2D eigenvalue weighted by Crippen LogP contribution is 2.56. The summed E-state index contributed by atoms with van der Waals surface area (Å²) in [5.41, 5.74) is -1.83. The fourth-order valence-electron chi connectivity index (χ4n) is 4.54. The molecule has 12 heteroatoms. The van der Waals surface area contributed by atoms with E-state index in [0.29, 0.717) is 4.31 Å². The summed E-state index contributed by atoms with van der Waals surface area (Å²) < 4.78 is 48.8. The average Bonchev–Trinajstić information content (AvgIpc) is 3.09. The van der Waals surface area contributed by atoms with Crippen molar-refractivity contribution in [1.82, 2.24) is 4.31 Å². The van der Waals surface area contributed by atoms with Gasteiger partial charge in [0.2, 0.25) is 11.5 Å². The zero-order valence-corrected chi connectivity index (χ0v) is 20.5. The molecule has 0 aromatic heterocycles. The average molecular weight is 518 g/mol. The van der Waals surface area contributed by atoms with E-state index in [0.717, 1.165) is 0 Å². The molecule has 4 rings (SSSR count). The second kappa shape index (κ2) is 8.72. The minimum Gasteiger partial charge on any atom is -0.502 e. The Bertz CT molecular complexity index is 1360. The fourth-order valence-corrected chi connectivity index (χ4v) is 6.36. The van der Waals surface area contributed by atoms with Crippen molar-refractivity contribution < 1.29 is 47.5 Å². The molecule has 1 aliphatic rings. The minimum atomic E-state index is -4.60. The van der Waals surface area contributed by atoms with Crippen LogP contribution in [0.1, 0.15) is 16.7 Å². The normalized spacial score (nSPS) is 15.2. The maximum Gasteiger partial charge on any atom is 0.422 e. The summed E-state index contributed by atoms with van der Waals surface area (Å²) in [5.74, 6) is -1.09. The van der Waals surface area contributed by atoms with Gasteiger partial charge in [-0.25, -0.2) is 13.2 Å². The molecular weight excluding hydrogens is 494 g/mol. The van der Waals surface area contributed by atoms with Gasteiger partial charge in [0, 0.05) is 5.56 Å². The van der Waals surface area contributed by atoms with Crippen molar-refractivity contribution in [2.24, 2.45) is 0 Å². The number of fused-ring (bicyclic) bond motifs is 1. The molecule has 1 aliphatic heterocycles. The second-order valence-electron chi connectivity index (χ2n) is 7.72. The lowest BCUT2D eigenvalue weighted by molar-refractivity contribution is 0.154. The number of rotatable bonds is 6. The highest BCUT2D eigenvalue weighted by Gasteiger charge is 2.59. The molecule has 0 unspecified atom stereocenters. The Kier molecular flexibility index (Phi) is 6.00. The Morgan fingerprint density at radius 1 is 0.778 bits per heavy atom. The van der Waals surface area contributed by atoms with E-state index in [2.05, 4.69) is 0 Å². The van der Waals surface area contributed by atoms with Gasteiger partial charge >= 0.3 is 6.09 Å².